The number of aliphatic carboxylic acids is 1. The van der Waals surface area contributed by atoms with Gasteiger partial charge >= 0.3 is 12.1 Å². The van der Waals surface area contributed by atoms with Crippen molar-refractivity contribution in [3.63, 3.8) is 0 Å². The van der Waals surface area contributed by atoms with Crippen LogP contribution in [-0.2, 0) is 43.4 Å². The number of fused-ring (bicyclic) bond motifs is 3. The quantitative estimate of drug-likeness (QED) is 0.201. The second kappa shape index (κ2) is 14.6. The molecule has 0 saturated carbocycles. The molecule has 1 aliphatic carbocycles. The number of benzene rings is 2. The molecule has 15 heteroatoms. The molecule has 14 nitrogen and oxygen atoms in total. The Hall–Kier alpha value is -4.76. The normalized spacial score (nSPS) is 20.9. The summed E-state index contributed by atoms with van der Waals surface area (Å²) in [6.45, 7) is 8.01. The largest absolute Gasteiger partial charge is 0.481 e. The first-order valence-corrected chi connectivity index (χ1v) is 21.6. The predicted octanol–water partition coefficient (Wildman–Crippen LogP) is 6.44. The highest BCUT2D eigenvalue weighted by atomic mass is 32.2. The van der Waals surface area contributed by atoms with Crippen LogP contribution in [0.5, 0.6) is 0 Å². The van der Waals surface area contributed by atoms with Crippen LogP contribution >= 0.6 is 0 Å². The number of hydrogen-bond acceptors (Lipinski definition) is 11. The van der Waals surface area contributed by atoms with Crippen LogP contribution in [0.25, 0.3) is 11.2 Å². The Balaban J connectivity index is 1.18. The van der Waals surface area contributed by atoms with Gasteiger partial charge in [-0.2, -0.15) is 0 Å². The van der Waals surface area contributed by atoms with Crippen molar-refractivity contribution in [2.75, 3.05) is 42.3 Å². The highest BCUT2D eigenvalue weighted by Gasteiger charge is 2.49. The number of anilines is 3. The van der Waals surface area contributed by atoms with Crippen molar-refractivity contribution < 1.29 is 32.6 Å². The second-order valence-corrected chi connectivity index (χ2v) is 18.7. The van der Waals surface area contributed by atoms with E-state index in [2.05, 4.69) is 22.3 Å². The standard InChI is InChI=1S/C41H51N7O7S/c1-40(2,3)55-39(51)43-35-27-12-6-5-11-26(27)25-41(35)19-22-46(23-20-41)36-29(17-18-33(49)50)42-34-37(44-36)48(32-16-7-8-24-54-32)45-38(34)47-21-10-13-28-30(47)14-9-15-31(28)56(4,52)53/h5-6,9,11-12,14-15,32,35H,7-8,10,13,16-25H2,1-4H3,(H,43,51)(H,49,50). The molecule has 4 aromatic rings. The SMILES string of the molecule is CC(C)(C)OC(=O)NC1c2ccccc2CC12CCN(c1nc3c(nc1CCC(=O)O)c(N1CCCc4c1cccc4S(C)(=O)=O)nn3C1CCCCO1)CC2. The van der Waals surface area contributed by atoms with E-state index in [9.17, 15) is 23.1 Å². The van der Waals surface area contributed by atoms with Crippen molar-refractivity contribution in [1.29, 1.82) is 0 Å². The molecule has 2 aromatic carbocycles. The van der Waals surface area contributed by atoms with Gasteiger partial charge in [0.05, 0.1) is 23.1 Å². The molecule has 298 valence electrons. The Morgan fingerprint density at radius 2 is 1.80 bits per heavy atom. The summed E-state index contributed by atoms with van der Waals surface area (Å²) in [6, 6.07) is 13.4. The molecule has 1 spiro atoms. The van der Waals surface area contributed by atoms with Crippen molar-refractivity contribution >= 4 is 50.4 Å². The number of carboxylic acids is 1. The van der Waals surface area contributed by atoms with Crippen molar-refractivity contribution in [3.8, 4) is 0 Å². The lowest BCUT2D eigenvalue weighted by Gasteiger charge is -2.44. The number of nitrogens with one attached hydrogen (secondary N) is 1. The van der Waals surface area contributed by atoms with E-state index in [0.717, 1.165) is 55.3 Å². The van der Waals surface area contributed by atoms with Crippen molar-refractivity contribution in [3.05, 3.63) is 64.8 Å². The molecule has 0 radical (unpaired) electrons. The smallest absolute Gasteiger partial charge is 0.408 e. The van der Waals surface area contributed by atoms with Crippen LogP contribution in [0.2, 0.25) is 0 Å². The number of carbonyl (C=O) groups is 2. The van der Waals surface area contributed by atoms with E-state index in [1.54, 1.807) is 12.1 Å². The van der Waals surface area contributed by atoms with Crippen LogP contribution < -0.4 is 15.1 Å². The summed E-state index contributed by atoms with van der Waals surface area (Å²) in [4.78, 5) is 40.3. The third-order valence-electron chi connectivity index (χ3n) is 11.7. The fraction of sp³-hybridized carbons (Fsp3) is 0.537. The van der Waals surface area contributed by atoms with E-state index in [0.29, 0.717) is 72.5 Å². The molecule has 2 N–H and O–H groups in total. The van der Waals surface area contributed by atoms with E-state index in [1.807, 2.05) is 48.6 Å². The first-order valence-electron chi connectivity index (χ1n) is 19.8. The number of nitrogens with zero attached hydrogens (tertiary/aromatic N) is 6. The summed E-state index contributed by atoms with van der Waals surface area (Å²) < 4.78 is 39.5. The van der Waals surface area contributed by atoms with Gasteiger partial charge < -0.3 is 29.7 Å². The predicted molar refractivity (Wildman–Crippen MR) is 211 cm³/mol. The number of sulfone groups is 1. The Bertz CT molecular complexity index is 2270. The van der Waals surface area contributed by atoms with Gasteiger partial charge in [-0.3, -0.25) is 4.79 Å². The summed E-state index contributed by atoms with van der Waals surface area (Å²) in [7, 11) is -3.47. The van der Waals surface area contributed by atoms with Gasteiger partial charge in [-0.1, -0.05) is 30.3 Å². The zero-order chi connectivity index (χ0) is 39.4. The Kier molecular flexibility index (Phi) is 9.96. The molecular formula is C41H51N7O7S. The zero-order valence-electron chi connectivity index (χ0n) is 32.6. The van der Waals surface area contributed by atoms with Crippen LogP contribution in [-0.4, -0.2) is 83.4 Å². The van der Waals surface area contributed by atoms with Gasteiger partial charge in [0, 0.05) is 50.0 Å². The number of piperidine rings is 1. The minimum Gasteiger partial charge on any atom is -0.481 e. The number of hydrogen-bond donors (Lipinski definition) is 2. The highest BCUT2D eigenvalue weighted by Crippen LogP contribution is 2.52. The van der Waals surface area contributed by atoms with E-state index in [-0.39, 0.29) is 30.5 Å². The van der Waals surface area contributed by atoms with Crippen LogP contribution in [0, 0.1) is 5.41 Å². The minimum absolute atomic E-state index is 0.123. The lowest BCUT2D eigenvalue weighted by molar-refractivity contribution is -0.137. The number of amides is 1. The third kappa shape index (κ3) is 7.31. The van der Waals surface area contributed by atoms with Gasteiger partial charge in [-0.25, -0.2) is 27.9 Å². The first kappa shape index (κ1) is 38.1. The lowest BCUT2D eigenvalue weighted by Crippen LogP contribution is -2.48. The molecule has 1 amide bonds. The van der Waals surface area contributed by atoms with E-state index < -0.39 is 27.5 Å². The minimum atomic E-state index is -3.47. The molecule has 8 rings (SSSR count). The maximum Gasteiger partial charge on any atom is 0.408 e. The fourth-order valence-electron chi connectivity index (χ4n) is 9.14. The van der Waals surface area contributed by atoms with Gasteiger partial charge in [-0.15, -0.1) is 5.10 Å². The maximum absolute atomic E-state index is 13.2. The first-order chi connectivity index (χ1) is 26.7. The van der Waals surface area contributed by atoms with Crippen molar-refractivity contribution in [2.24, 2.45) is 5.41 Å². The zero-order valence-corrected chi connectivity index (χ0v) is 33.4. The number of ether oxygens (including phenoxy) is 2. The number of rotatable bonds is 8. The fourth-order valence-corrected chi connectivity index (χ4v) is 10.1. The maximum atomic E-state index is 13.2. The van der Waals surface area contributed by atoms with E-state index in [4.69, 9.17) is 24.5 Å². The molecule has 2 unspecified atom stereocenters. The second-order valence-electron chi connectivity index (χ2n) is 16.7. The number of aromatic nitrogens is 4. The summed E-state index contributed by atoms with van der Waals surface area (Å²) in [6.07, 6.45) is 6.82. The van der Waals surface area contributed by atoms with Crippen LogP contribution in [0.15, 0.2) is 47.4 Å². The molecule has 4 aliphatic rings. The molecule has 2 saturated heterocycles. The molecular weight excluding hydrogens is 735 g/mol. The van der Waals surface area contributed by atoms with Crippen molar-refractivity contribution in [1.82, 2.24) is 25.1 Å². The van der Waals surface area contributed by atoms with E-state index >= 15 is 0 Å². The van der Waals surface area contributed by atoms with Crippen LogP contribution in [0.3, 0.4) is 0 Å². The number of aryl methyl sites for hydroxylation is 1. The number of carbonyl (C=O) groups excluding carboxylic acids is 1. The molecule has 2 atom stereocenters. The van der Waals surface area contributed by atoms with Gasteiger partial charge in [0.2, 0.25) is 0 Å². The van der Waals surface area contributed by atoms with Crippen LogP contribution in [0.1, 0.15) is 100 Å². The molecule has 2 fully saturated rings. The topological polar surface area (TPSA) is 169 Å². The van der Waals surface area contributed by atoms with Gasteiger partial charge in [0.1, 0.15) is 5.60 Å². The van der Waals surface area contributed by atoms with Gasteiger partial charge in [0.15, 0.2) is 38.9 Å². The summed E-state index contributed by atoms with van der Waals surface area (Å²) in [5.74, 6) is 0.247. The Morgan fingerprint density at radius 3 is 2.52 bits per heavy atom. The summed E-state index contributed by atoms with van der Waals surface area (Å²) >= 11 is 0. The third-order valence-corrected chi connectivity index (χ3v) is 12.8. The number of carboxylic acid groups (broad SMARTS) is 1. The number of alkyl carbamates (subject to hydrolysis) is 1. The molecule has 0 bridgehead atoms. The van der Waals surface area contributed by atoms with Crippen molar-refractivity contribution in [2.45, 2.75) is 108 Å². The average Bonchev–Trinajstić information content (AvgIpc) is 3.67. The molecule has 56 heavy (non-hydrogen) atoms. The molecule has 3 aliphatic heterocycles. The monoisotopic (exact) mass is 785 g/mol. The Morgan fingerprint density at radius 1 is 1.02 bits per heavy atom. The average molecular weight is 786 g/mol. The summed E-state index contributed by atoms with van der Waals surface area (Å²) in [5, 5.41) is 18.2. The van der Waals surface area contributed by atoms with Gasteiger partial charge in [0.25, 0.3) is 0 Å². The Labute approximate surface area is 327 Å². The highest BCUT2D eigenvalue weighted by molar-refractivity contribution is 7.90. The molecule has 5 heterocycles. The van der Waals surface area contributed by atoms with Crippen LogP contribution in [0.4, 0.5) is 22.1 Å². The molecule has 2 aromatic heterocycles. The lowest BCUT2D eigenvalue weighted by atomic mass is 9.72. The van der Waals surface area contributed by atoms with Gasteiger partial charge in [-0.05, 0) is 101 Å². The van der Waals surface area contributed by atoms with E-state index in [1.165, 1.54) is 11.8 Å². The summed E-state index contributed by atoms with van der Waals surface area (Å²) in [5.41, 5.74) is 4.63.